The van der Waals surface area contributed by atoms with E-state index in [9.17, 15) is 0 Å². The van der Waals surface area contributed by atoms with Crippen LogP contribution in [-0.2, 0) is 0 Å². The molecule has 0 bridgehead atoms. The SMILES string of the molecule is Cl.Clc1cccc(C2CCN(CCCOc3ccc4scnc4c3)CC2)c1Cl. The molecule has 3 aromatic rings. The molecule has 0 aliphatic carbocycles. The molecule has 28 heavy (non-hydrogen) atoms. The fourth-order valence-corrected chi connectivity index (χ4v) is 4.83. The number of hydrogen-bond donors (Lipinski definition) is 0. The van der Waals surface area contributed by atoms with E-state index in [0.29, 0.717) is 10.9 Å². The minimum atomic E-state index is 0. The first-order valence-corrected chi connectivity index (χ1v) is 11.0. The highest BCUT2D eigenvalue weighted by molar-refractivity contribution is 7.16. The molecule has 2 aromatic carbocycles. The van der Waals surface area contributed by atoms with Crippen LogP contribution in [0.3, 0.4) is 0 Å². The Kier molecular flexibility index (Phi) is 7.84. The number of rotatable bonds is 6. The van der Waals surface area contributed by atoms with Gasteiger partial charge in [0.2, 0.25) is 0 Å². The van der Waals surface area contributed by atoms with Crippen molar-refractivity contribution in [2.45, 2.75) is 25.2 Å². The number of fused-ring (bicyclic) bond motifs is 1. The predicted molar refractivity (Wildman–Crippen MR) is 122 cm³/mol. The third kappa shape index (κ3) is 5.11. The summed E-state index contributed by atoms with van der Waals surface area (Å²) in [7, 11) is 0. The summed E-state index contributed by atoms with van der Waals surface area (Å²) in [6.07, 6.45) is 3.28. The Morgan fingerprint density at radius 1 is 1.14 bits per heavy atom. The molecule has 3 nitrogen and oxygen atoms in total. The molecular formula is C21H23Cl3N2OS. The number of nitrogens with zero attached hydrogens (tertiary/aromatic N) is 2. The van der Waals surface area contributed by atoms with Gasteiger partial charge in [0, 0.05) is 12.6 Å². The topological polar surface area (TPSA) is 25.4 Å². The molecule has 1 saturated heterocycles. The average molecular weight is 458 g/mol. The van der Waals surface area contributed by atoms with Crippen molar-refractivity contribution in [1.82, 2.24) is 9.88 Å². The van der Waals surface area contributed by atoms with E-state index >= 15 is 0 Å². The second-order valence-electron chi connectivity index (χ2n) is 6.94. The number of halogens is 3. The van der Waals surface area contributed by atoms with Gasteiger partial charge in [-0.1, -0.05) is 35.3 Å². The summed E-state index contributed by atoms with van der Waals surface area (Å²) < 4.78 is 7.10. The second-order valence-corrected chi connectivity index (χ2v) is 8.61. The molecule has 0 amide bonds. The first kappa shape index (κ1) is 21.7. The Balaban J connectivity index is 0.00000225. The zero-order valence-electron chi connectivity index (χ0n) is 15.4. The average Bonchev–Trinajstić information content (AvgIpc) is 3.16. The minimum Gasteiger partial charge on any atom is -0.493 e. The van der Waals surface area contributed by atoms with Crippen molar-refractivity contribution < 1.29 is 4.74 Å². The van der Waals surface area contributed by atoms with Crippen molar-refractivity contribution in [3.05, 3.63) is 57.5 Å². The highest BCUT2D eigenvalue weighted by atomic mass is 35.5. The van der Waals surface area contributed by atoms with Crippen molar-refractivity contribution in [3.8, 4) is 5.75 Å². The summed E-state index contributed by atoms with van der Waals surface area (Å²) in [5, 5.41) is 1.38. The van der Waals surface area contributed by atoms with E-state index in [-0.39, 0.29) is 12.4 Å². The summed E-state index contributed by atoms with van der Waals surface area (Å²) >= 11 is 14.2. The van der Waals surface area contributed by atoms with Gasteiger partial charge in [0.25, 0.3) is 0 Å². The van der Waals surface area contributed by atoms with Gasteiger partial charge in [0.05, 0.1) is 32.4 Å². The molecule has 7 heteroatoms. The monoisotopic (exact) mass is 456 g/mol. The lowest BCUT2D eigenvalue weighted by atomic mass is 9.89. The minimum absolute atomic E-state index is 0. The van der Waals surface area contributed by atoms with E-state index in [1.807, 2.05) is 29.8 Å². The molecule has 4 rings (SSSR count). The molecule has 0 radical (unpaired) electrons. The standard InChI is InChI=1S/C21H22Cl2N2OS.ClH/c22-18-4-1-3-17(21(18)23)15-7-10-25(11-8-15)9-2-12-26-16-5-6-20-19(13-16)24-14-27-20;/h1,3-6,13-15H,2,7-12H2;1H. The molecule has 0 atom stereocenters. The molecule has 2 heterocycles. The largest absolute Gasteiger partial charge is 0.493 e. The lowest BCUT2D eigenvalue weighted by Gasteiger charge is -2.32. The third-order valence-electron chi connectivity index (χ3n) is 5.20. The molecule has 1 aliphatic heterocycles. The number of likely N-dealkylation sites (tertiary alicyclic amines) is 1. The highest BCUT2D eigenvalue weighted by Crippen LogP contribution is 2.36. The number of ether oxygens (including phenoxy) is 1. The van der Waals surface area contributed by atoms with E-state index in [2.05, 4.69) is 22.0 Å². The molecule has 1 aromatic heterocycles. The number of piperidine rings is 1. The predicted octanol–water partition coefficient (Wildman–Crippen LogP) is 6.67. The molecule has 150 valence electrons. The van der Waals surface area contributed by atoms with Crippen LogP contribution in [0.4, 0.5) is 0 Å². The van der Waals surface area contributed by atoms with Crippen molar-refractivity contribution in [2.24, 2.45) is 0 Å². The number of aromatic nitrogens is 1. The Labute approximate surface area is 186 Å². The second kappa shape index (κ2) is 10.1. The van der Waals surface area contributed by atoms with Crippen molar-refractivity contribution >= 4 is 57.2 Å². The number of thiazole rings is 1. The summed E-state index contributed by atoms with van der Waals surface area (Å²) in [6, 6.07) is 12.1. The Hall–Kier alpha value is -1.04. The van der Waals surface area contributed by atoms with Gasteiger partial charge in [0.1, 0.15) is 5.75 Å². The summed E-state index contributed by atoms with van der Waals surface area (Å²) in [4.78, 5) is 6.85. The summed E-state index contributed by atoms with van der Waals surface area (Å²) in [6.45, 7) is 3.99. The van der Waals surface area contributed by atoms with Crippen LogP contribution in [0.25, 0.3) is 10.2 Å². The Morgan fingerprint density at radius 2 is 1.96 bits per heavy atom. The molecule has 0 spiro atoms. The molecule has 1 aliphatic rings. The smallest absolute Gasteiger partial charge is 0.121 e. The third-order valence-corrected chi connectivity index (χ3v) is 6.84. The van der Waals surface area contributed by atoms with Gasteiger partial charge in [-0.15, -0.1) is 23.7 Å². The van der Waals surface area contributed by atoms with Gasteiger partial charge in [-0.25, -0.2) is 4.98 Å². The van der Waals surface area contributed by atoms with E-state index < -0.39 is 0 Å². The lowest BCUT2D eigenvalue weighted by Crippen LogP contribution is -2.34. The first-order chi connectivity index (χ1) is 13.2. The van der Waals surface area contributed by atoms with Crippen LogP contribution in [0.15, 0.2) is 41.9 Å². The van der Waals surface area contributed by atoms with Gasteiger partial charge in [-0.3, -0.25) is 0 Å². The first-order valence-electron chi connectivity index (χ1n) is 9.33. The van der Waals surface area contributed by atoms with Gasteiger partial charge in [-0.05, 0) is 62.0 Å². The molecular weight excluding hydrogens is 435 g/mol. The molecule has 1 fully saturated rings. The fourth-order valence-electron chi connectivity index (χ4n) is 3.71. The molecule has 0 N–H and O–H groups in total. The van der Waals surface area contributed by atoms with Gasteiger partial charge in [-0.2, -0.15) is 0 Å². The normalized spacial score (nSPS) is 15.5. The van der Waals surface area contributed by atoms with E-state index in [1.54, 1.807) is 11.3 Å². The van der Waals surface area contributed by atoms with Crippen molar-refractivity contribution in [3.63, 3.8) is 0 Å². The van der Waals surface area contributed by atoms with Crippen molar-refractivity contribution in [1.29, 1.82) is 0 Å². The molecule has 0 saturated carbocycles. The maximum atomic E-state index is 6.39. The maximum Gasteiger partial charge on any atom is 0.121 e. The van der Waals surface area contributed by atoms with Crippen LogP contribution in [0.1, 0.15) is 30.7 Å². The summed E-state index contributed by atoms with van der Waals surface area (Å²) in [5.41, 5.74) is 4.08. The van der Waals surface area contributed by atoms with Crippen LogP contribution in [-0.4, -0.2) is 36.1 Å². The number of benzene rings is 2. The quantitative estimate of drug-likeness (QED) is 0.386. The van der Waals surface area contributed by atoms with Crippen LogP contribution in [0.2, 0.25) is 10.0 Å². The lowest BCUT2D eigenvalue weighted by molar-refractivity contribution is 0.193. The van der Waals surface area contributed by atoms with Crippen LogP contribution < -0.4 is 4.74 Å². The van der Waals surface area contributed by atoms with Crippen LogP contribution in [0, 0.1) is 0 Å². The number of hydrogen-bond acceptors (Lipinski definition) is 4. The van der Waals surface area contributed by atoms with Gasteiger partial charge in [0.15, 0.2) is 0 Å². The maximum absolute atomic E-state index is 6.39. The van der Waals surface area contributed by atoms with Crippen molar-refractivity contribution in [2.75, 3.05) is 26.2 Å². The highest BCUT2D eigenvalue weighted by Gasteiger charge is 2.22. The van der Waals surface area contributed by atoms with Crippen LogP contribution >= 0.6 is 46.9 Å². The van der Waals surface area contributed by atoms with Gasteiger partial charge < -0.3 is 9.64 Å². The fraction of sp³-hybridized carbons (Fsp3) is 0.381. The van der Waals surface area contributed by atoms with E-state index in [4.69, 9.17) is 27.9 Å². The summed E-state index contributed by atoms with van der Waals surface area (Å²) in [5.74, 6) is 1.41. The zero-order chi connectivity index (χ0) is 18.6. The Morgan fingerprint density at radius 3 is 2.79 bits per heavy atom. The Bertz CT molecular complexity index is 910. The van der Waals surface area contributed by atoms with E-state index in [0.717, 1.165) is 61.8 Å². The van der Waals surface area contributed by atoms with E-state index in [1.165, 1.54) is 10.3 Å². The zero-order valence-corrected chi connectivity index (χ0v) is 18.6. The van der Waals surface area contributed by atoms with Gasteiger partial charge >= 0.3 is 0 Å². The van der Waals surface area contributed by atoms with Crippen LogP contribution in [0.5, 0.6) is 5.75 Å². The molecule has 0 unspecified atom stereocenters.